The number of nitro groups is 1. The van der Waals surface area contributed by atoms with E-state index in [4.69, 9.17) is 23.7 Å². The van der Waals surface area contributed by atoms with Crippen LogP contribution < -0.4 is 5.32 Å². The lowest BCUT2D eigenvalue weighted by molar-refractivity contribution is -0.384. The summed E-state index contributed by atoms with van der Waals surface area (Å²) in [5.74, 6) is -3.37. The van der Waals surface area contributed by atoms with Gasteiger partial charge < -0.3 is 23.7 Å². The monoisotopic (exact) mass is 837 g/mol. The zero-order valence-electron chi connectivity index (χ0n) is 38.7. The van der Waals surface area contributed by atoms with Crippen LogP contribution in [0.25, 0.3) is 0 Å². The standard InChI is InChI=1S/C43H72N4O12/c1-38(2,3)55-32(48)24-45(27-43(16,17)28-46(25-33(49)56-39(4,5)6)26-34(50)57-40(7,8)9)23-30(22-29-18-20-31(21-19-29)47(53)54)44-35(36(51)58-41(10,11)12)37(52)59-42(13,14)15/h18-21,30,35,44H,22-28H2,1-17H3. The van der Waals surface area contributed by atoms with E-state index in [-0.39, 0.29) is 51.4 Å². The zero-order chi connectivity index (χ0) is 45.9. The van der Waals surface area contributed by atoms with Crippen LogP contribution in [0.1, 0.15) is 123 Å². The third-order valence-corrected chi connectivity index (χ3v) is 7.42. The number of nitrogens with zero attached hydrogens (tertiary/aromatic N) is 3. The molecule has 1 aromatic rings. The van der Waals surface area contributed by atoms with Gasteiger partial charge in [0.05, 0.1) is 24.6 Å². The number of nitro benzene ring substituents is 1. The fourth-order valence-corrected chi connectivity index (χ4v) is 6.00. The number of non-ortho nitro benzene ring substituents is 1. The molecule has 0 aliphatic heterocycles. The molecule has 16 heteroatoms. The average molecular weight is 837 g/mol. The first kappa shape index (κ1) is 52.9. The topological polar surface area (TPSA) is 193 Å². The largest absolute Gasteiger partial charge is 0.459 e. The molecular weight excluding hydrogens is 764 g/mol. The van der Waals surface area contributed by atoms with E-state index in [1.54, 1.807) is 126 Å². The molecule has 0 amide bonds. The van der Waals surface area contributed by atoms with Crippen LogP contribution in [0.3, 0.4) is 0 Å². The highest BCUT2D eigenvalue weighted by atomic mass is 16.6. The van der Waals surface area contributed by atoms with Crippen molar-refractivity contribution in [1.29, 1.82) is 0 Å². The molecule has 16 nitrogen and oxygen atoms in total. The molecular formula is C43H72N4O12. The van der Waals surface area contributed by atoms with Gasteiger partial charge in [-0.25, -0.2) is 9.59 Å². The minimum absolute atomic E-state index is 0.0416. The SMILES string of the molecule is CC(C)(CN(CC(=O)OC(C)(C)C)CC(=O)OC(C)(C)C)CN(CC(=O)OC(C)(C)C)CC(Cc1ccc([N+](=O)[O-])cc1)NC(C(=O)OC(C)(C)C)C(=O)OC(C)(C)C. The van der Waals surface area contributed by atoms with Gasteiger partial charge in [-0.1, -0.05) is 26.0 Å². The van der Waals surface area contributed by atoms with E-state index in [1.807, 2.05) is 13.8 Å². The number of nitrogens with one attached hydrogen (secondary N) is 1. The molecule has 1 aromatic carbocycles. The molecule has 0 bridgehead atoms. The summed E-state index contributed by atoms with van der Waals surface area (Å²) in [6.45, 7) is 29.3. The predicted octanol–water partition coefficient (Wildman–Crippen LogP) is 5.80. The summed E-state index contributed by atoms with van der Waals surface area (Å²) in [7, 11) is 0. The smallest absolute Gasteiger partial charge is 0.335 e. The number of benzene rings is 1. The third kappa shape index (κ3) is 24.5. The van der Waals surface area contributed by atoms with Crippen molar-refractivity contribution in [2.75, 3.05) is 39.3 Å². The number of carbonyl (C=O) groups excluding carboxylic acids is 5. The number of carbonyl (C=O) groups is 5. The molecule has 1 N–H and O–H groups in total. The van der Waals surface area contributed by atoms with Crippen LogP contribution >= 0.6 is 0 Å². The Hall–Kier alpha value is -4.15. The van der Waals surface area contributed by atoms with Gasteiger partial charge in [0.25, 0.3) is 5.69 Å². The number of rotatable bonds is 19. The van der Waals surface area contributed by atoms with Crippen molar-refractivity contribution in [3.63, 3.8) is 0 Å². The summed E-state index contributed by atoms with van der Waals surface area (Å²) >= 11 is 0. The number of hydrogen-bond acceptors (Lipinski definition) is 15. The van der Waals surface area contributed by atoms with Crippen LogP contribution in [0, 0.1) is 15.5 Å². The quantitative estimate of drug-likeness (QED) is 0.0577. The molecule has 336 valence electrons. The Bertz CT molecular complexity index is 1530. The maximum atomic E-state index is 13.7. The van der Waals surface area contributed by atoms with Crippen molar-refractivity contribution < 1.29 is 52.6 Å². The molecule has 0 heterocycles. The predicted molar refractivity (Wildman–Crippen MR) is 223 cm³/mol. The fourth-order valence-electron chi connectivity index (χ4n) is 6.00. The molecule has 59 heavy (non-hydrogen) atoms. The first-order valence-corrected chi connectivity index (χ1v) is 20.0. The highest BCUT2D eigenvalue weighted by molar-refractivity contribution is 5.99. The Morgan fingerprint density at radius 1 is 0.576 bits per heavy atom. The van der Waals surface area contributed by atoms with E-state index in [1.165, 1.54) is 12.1 Å². The van der Waals surface area contributed by atoms with Crippen LogP contribution in [-0.4, -0.2) is 124 Å². The van der Waals surface area contributed by atoms with E-state index < -0.39 is 80.3 Å². The third-order valence-electron chi connectivity index (χ3n) is 7.42. The van der Waals surface area contributed by atoms with Crippen LogP contribution in [-0.2, 0) is 54.1 Å². The normalized spacial score (nSPS) is 13.6. The van der Waals surface area contributed by atoms with E-state index >= 15 is 0 Å². The number of ether oxygens (including phenoxy) is 5. The van der Waals surface area contributed by atoms with Crippen molar-refractivity contribution in [3.05, 3.63) is 39.9 Å². The Kier molecular flexibility index (Phi) is 18.7. The molecule has 0 saturated carbocycles. The maximum Gasteiger partial charge on any atom is 0.335 e. The van der Waals surface area contributed by atoms with E-state index in [9.17, 15) is 34.1 Å². The highest BCUT2D eigenvalue weighted by Gasteiger charge is 2.38. The lowest BCUT2D eigenvalue weighted by Crippen LogP contribution is -2.57. The molecule has 0 saturated heterocycles. The van der Waals surface area contributed by atoms with Gasteiger partial charge >= 0.3 is 29.8 Å². The Labute approximate surface area is 351 Å². The highest BCUT2D eigenvalue weighted by Crippen LogP contribution is 2.23. The lowest BCUT2D eigenvalue weighted by atomic mass is 9.91. The van der Waals surface area contributed by atoms with E-state index in [2.05, 4.69) is 5.32 Å². The Balaban J connectivity index is 3.79. The molecule has 0 aliphatic rings. The van der Waals surface area contributed by atoms with Crippen molar-refractivity contribution in [3.8, 4) is 0 Å². The fraction of sp³-hybridized carbons (Fsp3) is 0.744. The second-order valence-electron chi connectivity index (χ2n) is 20.7. The second kappa shape index (κ2) is 20.9. The summed E-state index contributed by atoms with van der Waals surface area (Å²) in [5.41, 5.74) is -4.47. The van der Waals surface area contributed by atoms with Gasteiger partial charge in [0.15, 0.2) is 0 Å². The maximum absolute atomic E-state index is 13.7. The second-order valence-corrected chi connectivity index (χ2v) is 20.7. The summed E-state index contributed by atoms with van der Waals surface area (Å²) in [6.07, 6.45) is 0.148. The molecule has 0 fully saturated rings. The van der Waals surface area contributed by atoms with Gasteiger partial charge in [-0.05, 0) is 121 Å². The van der Waals surface area contributed by atoms with Crippen molar-refractivity contribution >= 4 is 35.5 Å². The van der Waals surface area contributed by atoms with E-state index in [0.717, 1.165) is 0 Å². The molecule has 0 radical (unpaired) electrons. The van der Waals surface area contributed by atoms with Gasteiger partial charge in [-0.15, -0.1) is 0 Å². The van der Waals surface area contributed by atoms with Crippen molar-refractivity contribution in [2.24, 2.45) is 5.41 Å². The van der Waals surface area contributed by atoms with Crippen molar-refractivity contribution in [2.45, 2.75) is 164 Å². The molecule has 0 spiro atoms. The summed E-state index contributed by atoms with van der Waals surface area (Å²) in [6, 6.07) is 3.52. The minimum atomic E-state index is -1.59. The minimum Gasteiger partial charge on any atom is -0.459 e. The molecule has 0 aliphatic carbocycles. The van der Waals surface area contributed by atoms with Gasteiger partial charge in [0, 0.05) is 37.8 Å². The van der Waals surface area contributed by atoms with Crippen LogP contribution in [0.4, 0.5) is 5.69 Å². The summed E-state index contributed by atoms with van der Waals surface area (Å²) in [4.78, 5) is 81.4. The van der Waals surface area contributed by atoms with Crippen LogP contribution in [0.5, 0.6) is 0 Å². The number of hydrogen-bond donors (Lipinski definition) is 1. The van der Waals surface area contributed by atoms with Crippen LogP contribution in [0.2, 0.25) is 0 Å². The number of esters is 5. The van der Waals surface area contributed by atoms with Gasteiger partial charge in [-0.2, -0.15) is 0 Å². The van der Waals surface area contributed by atoms with Gasteiger partial charge in [0.1, 0.15) is 28.0 Å². The Morgan fingerprint density at radius 3 is 1.25 bits per heavy atom. The first-order chi connectivity index (χ1) is 26.4. The first-order valence-electron chi connectivity index (χ1n) is 20.0. The van der Waals surface area contributed by atoms with E-state index in [0.29, 0.717) is 5.56 Å². The van der Waals surface area contributed by atoms with Gasteiger partial charge in [-0.3, -0.25) is 39.6 Å². The summed E-state index contributed by atoms with van der Waals surface area (Å²) in [5, 5.41) is 14.6. The lowest BCUT2D eigenvalue weighted by Gasteiger charge is -2.38. The van der Waals surface area contributed by atoms with Crippen LogP contribution in [0.15, 0.2) is 24.3 Å². The molecule has 1 rings (SSSR count). The average Bonchev–Trinajstić information content (AvgIpc) is 2.94. The van der Waals surface area contributed by atoms with Crippen molar-refractivity contribution in [1.82, 2.24) is 15.1 Å². The zero-order valence-corrected chi connectivity index (χ0v) is 38.7. The molecule has 0 aromatic heterocycles. The summed E-state index contributed by atoms with van der Waals surface area (Å²) < 4.78 is 28.2. The molecule has 1 atom stereocenters. The molecule has 1 unspecified atom stereocenters. The van der Waals surface area contributed by atoms with Gasteiger partial charge in [0.2, 0.25) is 6.04 Å². The Morgan fingerprint density at radius 2 is 0.915 bits per heavy atom.